The number of rotatable bonds is 2. The van der Waals surface area contributed by atoms with E-state index in [4.69, 9.17) is 5.73 Å². The summed E-state index contributed by atoms with van der Waals surface area (Å²) in [5.41, 5.74) is 6.56. The molecule has 1 saturated heterocycles. The van der Waals surface area contributed by atoms with Crippen LogP contribution in [-0.2, 0) is 6.54 Å². The lowest BCUT2D eigenvalue weighted by Gasteiger charge is -2.35. The molecule has 0 radical (unpaired) electrons. The monoisotopic (exact) mass is 221 g/mol. The average Bonchev–Trinajstić information content (AvgIpc) is 2.33. The van der Waals surface area contributed by atoms with Crippen molar-refractivity contribution in [3.05, 3.63) is 23.9 Å². The first-order valence-electron chi connectivity index (χ1n) is 5.78. The number of pyridine rings is 1. The summed E-state index contributed by atoms with van der Waals surface area (Å²) in [6, 6.07) is 3.97. The Bertz CT molecular complexity index is 339. The lowest BCUT2D eigenvalue weighted by atomic mass is 9.96. The maximum absolute atomic E-state index is 9.82. The number of aliphatic hydroxyl groups excluding tert-OH is 1. The van der Waals surface area contributed by atoms with E-state index in [1.807, 2.05) is 12.1 Å². The van der Waals surface area contributed by atoms with Crippen LogP contribution in [0.4, 0.5) is 5.82 Å². The van der Waals surface area contributed by atoms with E-state index in [0.717, 1.165) is 24.3 Å². The maximum Gasteiger partial charge on any atom is 0.128 e. The van der Waals surface area contributed by atoms with Gasteiger partial charge < -0.3 is 15.7 Å². The van der Waals surface area contributed by atoms with Crippen molar-refractivity contribution in [2.24, 2.45) is 11.7 Å². The van der Waals surface area contributed by atoms with Gasteiger partial charge in [-0.1, -0.05) is 13.0 Å². The van der Waals surface area contributed by atoms with E-state index >= 15 is 0 Å². The Morgan fingerprint density at radius 2 is 2.38 bits per heavy atom. The molecule has 2 atom stereocenters. The van der Waals surface area contributed by atoms with Crippen LogP contribution in [0.1, 0.15) is 18.9 Å². The second-order valence-electron chi connectivity index (χ2n) is 4.51. The number of hydrogen-bond acceptors (Lipinski definition) is 4. The van der Waals surface area contributed by atoms with Gasteiger partial charge in [-0.15, -0.1) is 0 Å². The fraction of sp³-hybridized carbons (Fsp3) is 0.583. The van der Waals surface area contributed by atoms with Gasteiger partial charge >= 0.3 is 0 Å². The van der Waals surface area contributed by atoms with Gasteiger partial charge in [0.05, 0.1) is 6.10 Å². The van der Waals surface area contributed by atoms with Crippen molar-refractivity contribution in [1.29, 1.82) is 0 Å². The Labute approximate surface area is 96.1 Å². The third kappa shape index (κ3) is 2.33. The third-order valence-corrected chi connectivity index (χ3v) is 3.29. The molecule has 1 aliphatic heterocycles. The summed E-state index contributed by atoms with van der Waals surface area (Å²) in [6.45, 7) is 4.25. The smallest absolute Gasteiger partial charge is 0.128 e. The maximum atomic E-state index is 9.82. The highest BCUT2D eigenvalue weighted by Crippen LogP contribution is 2.21. The third-order valence-electron chi connectivity index (χ3n) is 3.29. The van der Waals surface area contributed by atoms with Crippen LogP contribution in [0.15, 0.2) is 18.3 Å². The fourth-order valence-electron chi connectivity index (χ4n) is 1.98. The topological polar surface area (TPSA) is 62.4 Å². The van der Waals surface area contributed by atoms with Crippen molar-refractivity contribution in [3.8, 4) is 0 Å². The van der Waals surface area contributed by atoms with Crippen LogP contribution in [0.25, 0.3) is 0 Å². The van der Waals surface area contributed by atoms with Gasteiger partial charge in [-0.2, -0.15) is 0 Å². The Hall–Kier alpha value is -1.13. The van der Waals surface area contributed by atoms with Crippen LogP contribution < -0.4 is 10.6 Å². The zero-order valence-electron chi connectivity index (χ0n) is 9.63. The highest BCUT2D eigenvalue weighted by molar-refractivity contribution is 5.40. The molecule has 2 unspecified atom stereocenters. The van der Waals surface area contributed by atoms with E-state index in [-0.39, 0.29) is 6.10 Å². The summed E-state index contributed by atoms with van der Waals surface area (Å²) < 4.78 is 0. The van der Waals surface area contributed by atoms with Crippen LogP contribution in [0.3, 0.4) is 0 Å². The van der Waals surface area contributed by atoms with Gasteiger partial charge in [-0.05, 0) is 24.0 Å². The van der Waals surface area contributed by atoms with E-state index in [0.29, 0.717) is 19.0 Å². The zero-order valence-corrected chi connectivity index (χ0v) is 9.63. The lowest BCUT2D eigenvalue weighted by molar-refractivity contribution is 0.102. The molecule has 1 aromatic rings. The van der Waals surface area contributed by atoms with Crippen molar-refractivity contribution in [3.63, 3.8) is 0 Å². The quantitative estimate of drug-likeness (QED) is 0.773. The molecule has 0 aromatic carbocycles. The molecule has 1 fully saturated rings. The minimum atomic E-state index is -0.246. The molecule has 4 heteroatoms. The van der Waals surface area contributed by atoms with Gasteiger partial charge in [0.1, 0.15) is 5.82 Å². The highest BCUT2D eigenvalue weighted by atomic mass is 16.3. The number of β-amino-alcohol motifs (C(OH)–C–C–N with tert-alkyl or cyclic N) is 1. The van der Waals surface area contributed by atoms with Crippen LogP contribution in [-0.4, -0.2) is 29.3 Å². The highest BCUT2D eigenvalue weighted by Gasteiger charge is 2.24. The van der Waals surface area contributed by atoms with Gasteiger partial charge in [-0.3, -0.25) is 0 Å². The molecular formula is C12H19N3O. The molecule has 2 heterocycles. The number of aliphatic hydroxyl groups is 1. The van der Waals surface area contributed by atoms with Gasteiger partial charge in [0.2, 0.25) is 0 Å². The van der Waals surface area contributed by atoms with Gasteiger partial charge in [-0.25, -0.2) is 4.98 Å². The van der Waals surface area contributed by atoms with E-state index < -0.39 is 0 Å². The van der Waals surface area contributed by atoms with Crippen molar-refractivity contribution in [1.82, 2.24) is 4.98 Å². The van der Waals surface area contributed by atoms with Gasteiger partial charge in [0.15, 0.2) is 0 Å². The Kier molecular flexibility index (Phi) is 3.41. The molecule has 88 valence electrons. The number of nitrogens with two attached hydrogens (primary N) is 1. The molecule has 1 aliphatic rings. The lowest BCUT2D eigenvalue weighted by Crippen LogP contribution is -2.43. The van der Waals surface area contributed by atoms with Gasteiger partial charge in [0, 0.05) is 25.8 Å². The summed E-state index contributed by atoms with van der Waals surface area (Å²) >= 11 is 0. The summed E-state index contributed by atoms with van der Waals surface area (Å²) in [5, 5.41) is 9.82. The van der Waals surface area contributed by atoms with Gasteiger partial charge in [0.25, 0.3) is 0 Å². The largest absolute Gasteiger partial charge is 0.391 e. The molecular weight excluding hydrogens is 202 g/mol. The minimum Gasteiger partial charge on any atom is -0.391 e. The summed E-state index contributed by atoms with van der Waals surface area (Å²) in [6.07, 6.45) is 2.58. The molecule has 2 rings (SSSR count). The molecule has 1 aromatic heterocycles. The molecule has 16 heavy (non-hydrogen) atoms. The van der Waals surface area contributed by atoms with Crippen molar-refractivity contribution < 1.29 is 5.11 Å². The number of nitrogens with zero attached hydrogens (tertiary/aromatic N) is 2. The normalized spacial score (nSPS) is 25.8. The van der Waals surface area contributed by atoms with Crippen LogP contribution in [0.2, 0.25) is 0 Å². The molecule has 3 N–H and O–H groups in total. The van der Waals surface area contributed by atoms with E-state index in [1.54, 1.807) is 6.20 Å². The van der Waals surface area contributed by atoms with Crippen molar-refractivity contribution in [2.75, 3.05) is 18.0 Å². The molecule has 0 saturated carbocycles. The first-order chi connectivity index (χ1) is 7.70. The predicted octanol–water partition coefficient (Wildman–Crippen LogP) is 0.747. The summed E-state index contributed by atoms with van der Waals surface area (Å²) in [5.74, 6) is 1.32. The SMILES string of the molecule is CC1CCN(c2ccc(CN)cn2)CC1O. The molecule has 0 spiro atoms. The second-order valence-corrected chi connectivity index (χ2v) is 4.51. The fourth-order valence-corrected chi connectivity index (χ4v) is 1.98. The van der Waals surface area contributed by atoms with E-state index in [2.05, 4.69) is 16.8 Å². The van der Waals surface area contributed by atoms with E-state index in [1.165, 1.54) is 0 Å². The minimum absolute atomic E-state index is 0.246. The van der Waals surface area contributed by atoms with Crippen molar-refractivity contribution in [2.45, 2.75) is 26.0 Å². The average molecular weight is 221 g/mol. The van der Waals surface area contributed by atoms with Crippen LogP contribution in [0.5, 0.6) is 0 Å². The Balaban J connectivity index is 2.06. The number of anilines is 1. The molecule has 0 amide bonds. The number of aromatic nitrogens is 1. The molecule has 0 aliphatic carbocycles. The van der Waals surface area contributed by atoms with Crippen LogP contribution >= 0.6 is 0 Å². The van der Waals surface area contributed by atoms with E-state index in [9.17, 15) is 5.11 Å². The molecule has 0 bridgehead atoms. The first-order valence-corrected chi connectivity index (χ1v) is 5.78. The van der Waals surface area contributed by atoms with Crippen molar-refractivity contribution >= 4 is 5.82 Å². The second kappa shape index (κ2) is 4.80. The zero-order chi connectivity index (χ0) is 11.5. The summed E-state index contributed by atoms with van der Waals surface area (Å²) in [7, 11) is 0. The first kappa shape index (κ1) is 11.4. The number of hydrogen-bond donors (Lipinski definition) is 2. The van der Waals surface area contributed by atoms with Crippen LogP contribution in [0, 0.1) is 5.92 Å². The Morgan fingerprint density at radius 3 is 2.94 bits per heavy atom. The summed E-state index contributed by atoms with van der Waals surface area (Å²) in [4.78, 5) is 6.50. The standard InChI is InChI=1S/C12H19N3O/c1-9-4-5-15(8-11(9)16)12-3-2-10(6-13)7-14-12/h2-3,7,9,11,16H,4-6,8,13H2,1H3. The molecule has 4 nitrogen and oxygen atoms in total. The Morgan fingerprint density at radius 1 is 1.56 bits per heavy atom. The number of piperidine rings is 1. The predicted molar refractivity (Wildman–Crippen MR) is 64.1 cm³/mol.